The van der Waals surface area contributed by atoms with Crippen LogP contribution < -0.4 is 10.6 Å². The number of anilines is 1. The molecule has 0 radical (unpaired) electrons. The van der Waals surface area contributed by atoms with Crippen LogP contribution >= 0.6 is 12.2 Å². The molecule has 0 aliphatic rings. The Hall–Kier alpha value is -1.95. The number of carbonyl (C=O) groups excluding carboxylic acids is 2. The van der Waals surface area contributed by atoms with Crippen molar-refractivity contribution in [1.29, 1.82) is 0 Å². The van der Waals surface area contributed by atoms with Crippen LogP contribution in [0.1, 0.15) is 94.3 Å². The molecule has 0 aliphatic carbocycles. The van der Waals surface area contributed by atoms with E-state index < -0.39 is 0 Å². The van der Waals surface area contributed by atoms with Crippen LogP contribution in [-0.4, -0.2) is 35.9 Å². The Kier molecular flexibility index (Phi) is 13.8. The Labute approximate surface area is 188 Å². The van der Waals surface area contributed by atoms with Crippen LogP contribution in [0.15, 0.2) is 24.3 Å². The fraction of sp³-hybridized carbons (Fsp3) is 0.625. The first-order valence-electron chi connectivity index (χ1n) is 11.4. The molecule has 1 rings (SSSR count). The van der Waals surface area contributed by atoms with Crippen molar-refractivity contribution in [3.05, 3.63) is 29.8 Å². The molecule has 0 heterocycles. The summed E-state index contributed by atoms with van der Waals surface area (Å²) in [5, 5.41) is 6.00. The van der Waals surface area contributed by atoms with Gasteiger partial charge in [0.2, 0.25) is 5.91 Å². The van der Waals surface area contributed by atoms with Gasteiger partial charge in [-0.25, -0.2) is 0 Å². The van der Waals surface area contributed by atoms with Crippen LogP contribution in [0, 0.1) is 0 Å². The lowest BCUT2D eigenvalue weighted by Crippen LogP contribution is -2.33. The standard InChI is InChI=1S/C24H39N3O2S/c1-4-5-6-7-8-9-10-11-12-13-14-15-22(28)26-24(30)25-21-18-16-20(17-19-21)23(29)27(2)3/h16-19H,4-15H2,1-3H3,(H2,25,26,28,30). The second-order valence-electron chi connectivity index (χ2n) is 8.06. The highest BCUT2D eigenvalue weighted by Gasteiger charge is 2.08. The maximum atomic E-state index is 12.0. The third kappa shape index (κ3) is 11.9. The molecule has 0 saturated heterocycles. The van der Waals surface area contributed by atoms with E-state index in [9.17, 15) is 9.59 Å². The number of hydrogen-bond donors (Lipinski definition) is 2. The van der Waals surface area contributed by atoms with Gasteiger partial charge < -0.3 is 15.5 Å². The van der Waals surface area contributed by atoms with Gasteiger partial charge in [0.25, 0.3) is 5.91 Å². The molecule has 0 unspecified atom stereocenters. The van der Waals surface area contributed by atoms with E-state index in [1.807, 2.05) is 0 Å². The van der Waals surface area contributed by atoms with Gasteiger partial charge in [0, 0.05) is 31.8 Å². The van der Waals surface area contributed by atoms with E-state index in [0.29, 0.717) is 12.0 Å². The van der Waals surface area contributed by atoms with E-state index in [1.165, 1.54) is 62.7 Å². The zero-order valence-corrected chi connectivity index (χ0v) is 19.8. The summed E-state index contributed by atoms with van der Waals surface area (Å²) in [6.45, 7) is 2.25. The predicted molar refractivity (Wildman–Crippen MR) is 130 cm³/mol. The average molecular weight is 434 g/mol. The van der Waals surface area contributed by atoms with Crippen LogP contribution in [0.2, 0.25) is 0 Å². The zero-order chi connectivity index (χ0) is 22.2. The Morgan fingerprint density at radius 3 is 1.83 bits per heavy atom. The van der Waals surface area contributed by atoms with Crippen LogP contribution in [-0.2, 0) is 4.79 Å². The third-order valence-corrected chi connectivity index (χ3v) is 5.26. The number of nitrogens with one attached hydrogen (secondary N) is 2. The van der Waals surface area contributed by atoms with E-state index in [1.54, 1.807) is 38.4 Å². The molecule has 0 aliphatic heterocycles. The molecular formula is C24H39N3O2S. The van der Waals surface area contributed by atoms with Gasteiger partial charge in [-0.2, -0.15) is 0 Å². The topological polar surface area (TPSA) is 61.4 Å². The normalized spacial score (nSPS) is 10.5. The van der Waals surface area contributed by atoms with Gasteiger partial charge in [-0.15, -0.1) is 0 Å². The van der Waals surface area contributed by atoms with Crippen molar-refractivity contribution >= 4 is 34.8 Å². The maximum absolute atomic E-state index is 12.0. The third-order valence-electron chi connectivity index (χ3n) is 5.06. The molecule has 168 valence electrons. The van der Waals surface area contributed by atoms with Crippen LogP contribution in [0.4, 0.5) is 5.69 Å². The second kappa shape index (κ2) is 15.8. The molecule has 0 bridgehead atoms. The van der Waals surface area contributed by atoms with Gasteiger partial charge in [0.15, 0.2) is 5.11 Å². The minimum absolute atomic E-state index is 0.0515. The van der Waals surface area contributed by atoms with Crippen LogP contribution in [0.3, 0.4) is 0 Å². The van der Waals surface area contributed by atoms with E-state index in [4.69, 9.17) is 12.2 Å². The molecule has 5 nitrogen and oxygen atoms in total. The Morgan fingerprint density at radius 2 is 1.33 bits per heavy atom. The van der Waals surface area contributed by atoms with Gasteiger partial charge in [-0.1, -0.05) is 71.1 Å². The number of carbonyl (C=O) groups is 2. The minimum Gasteiger partial charge on any atom is -0.345 e. The van der Waals surface area contributed by atoms with Gasteiger partial charge in [-0.3, -0.25) is 9.59 Å². The first kappa shape index (κ1) is 26.1. The largest absolute Gasteiger partial charge is 0.345 e. The van der Waals surface area contributed by atoms with Gasteiger partial charge in [0.1, 0.15) is 0 Å². The van der Waals surface area contributed by atoms with Crippen molar-refractivity contribution in [2.75, 3.05) is 19.4 Å². The molecule has 1 aromatic rings. The highest BCUT2D eigenvalue weighted by Crippen LogP contribution is 2.13. The maximum Gasteiger partial charge on any atom is 0.253 e. The number of nitrogens with zero attached hydrogens (tertiary/aromatic N) is 1. The van der Waals surface area contributed by atoms with Crippen molar-refractivity contribution in [2.45, 2.75) is 84.0 Å². The Bertz CT molecular complexity index is 644. The average Bonchev–Trinajstić information content (AvgIpc) is 2.71. The number of hydrogen-bond acceptors (Lipinski definition) is 3. The quantitative estimate of drug-likeness (QED) is 0.283. The SMILES string of the molecule is CCCCCCCCCCCCCC(=O)NC(=S)Nc1ccc(C(=O)N(C)C)cc1. The van der Waals surface area contributed by atoms with Crippen molar-refractivity contribution in [3.8, 4) is 0 Å². The lowest BCUT2D eigenvalue weighted by Gasteiger charge is -2.12. The van der Waals surface area contributed by atoms with Gasteiger partial charge in [-0.05, 0) is 42.9 Å². The molecule has 6 heteroatoms. The van der Waals surface area contributed by atoms with E-state index in [-0.39, 0.29) is 16.9 Å². The molecule has 0 fully saturated rings. The highest BCUT2D eigenvalue weighted by molar-refractivity contribution is 7.80. The van der Waals surface area contributed by atoms with E-state index in [0.717, 1.165) is 18.5 Å². The highest BCUT2D eigenvalue weighted by atomic mass is 32.1. The lowest BCUT2D eigenvalue weighted by molar-refractivity contribution is -0.119. The molecule has 0 atom stereocenters. The smallest absolute Gasteiger partial charge is 0.253 e. The summed E-state index contributed by atoms with van der Waals surface area (Å²) in [6, 6.07) is 7.03. The summed E-state index contributed by atoms with van der Waals surface area (Å²) in [5.74, 6) is -0.104. The van der Waals surface area contributed by atoms with Crippen molar-refractivity contribution in [1.82, 2.24) is 10.2 Å². The van der Waals surface area contributed by atoms with Gasteiger partial charge in [0.05, 0.1) is 0 Å². The zero-order valence-electron chi connectivity index (χ0n) is 19.0. The van der Waals surface area contributed by atoms with Crippen molar-refractivity contribution in [3.63, 3.8) is 0 Å². The Morgan fingerprint density at radius 1 is 0.833 bits per heavy atom. The number of rotatable bonds is 14. The summed E-state index contributed by atoms with van der Waals surface area (Å²) >= 11 is 5.21. The molecule has 0 saturated carbocycles. The number of amides is 2. The molecule has 1 aromatic carbocycles. The minimum atomic E-state index is -0.0529. The Balaban J connectivity index is 2.10. The lowest BCUT2D eigenvalue weighted by atomic mass is 10.1. The molecular weight excluding hydrogens is 394 g/mol. The molecule has 30 heavy (non-hydrogen) atoms. The summed E-state index contributed by atoms with van der Waals surface area (Å²) in [5.41, 5.74) is 1.35. The van der Waals surface area contributed by atoms with Crippen LogP contribution in [0.5, 0.6) is 0 Å². The van der Waals surface area contributed by atoms with Crippen molar-refractivity contribution < 1.29 is 9.59 Å². The molecule has 0 aromatic heterocycles. The molecule has 0 spiro atoms. The fourth-order valence-corrected chi connectivity index (χ4v) is 3.49. The van der Waals surface area contributed by atoms with Crippen molar-refractivity contribution in [2.24, 2.45) is 0 Å². The fourth-order valence-electron chi connectivity index (χ4n) is 3.26. The summed E-state index contributed by atoms with van der Waals surface area (Å²) in [4.78, 5) is 25.5. The summed E-state index contributed by atoms with van der Waals surface area (Å²) in [7, 11) is 3.43. The summed E-state index contributed by atoms with van der Waals surface area (Å²) in [6.07, 6.45) is 14.4. The molecule has 2 N–H and O–H groups in total. The number of thiocarbonyl (C=S) groups is 1. The first-order chi connectivity index (χ1) is 14.4. The van der Waals surface area contributed by atoms with Crippen LogP contribution in [0.25, 0.3) is 0 Å². The predicted octanol–water partition coefficient (Wildman–Crippen LogP) is 5.90. The van der Waals surface area contributed by atoms with E-state index >= 15 is 0 Å². The first-order valence-corrected chi connectivity index (χ1v) is 11.8. The molecule has 2 amide bonds. The van der Waals surface area contributed by atoms with Gasteiger partial charge >= 0.3 is 0 Å². The second-order valence-corrected chi connectivity index (χ2v) is 8.47. The monoisotopic (exact) mass is 433 g/mol. The van der Waals surface area contributed by atoms with E-state index in [2.05, 4.69) is 17.6 Å². The summed E-state index contributed by atoms with van der Waals surface area (Å²) < 4.78 is 0. The number of unbranched alkanes of at least 4 members (excludes halogenated alkanes) is 10. The number of benzene rings is 1.